The average Bonchev–Trinajstić information content (AvgIpc) is 2.73. The maximum Gasteiger partial charge on any atom is 0.272 e. The summed E-state index contributed by atoms with van der Waals surface area (Å²) in [6, 6.07) is 14.6. The van der Waals surface area contributed by atoms with Crippen LogP contribution in [0.4, 0.5) is 5.69 Å². The molecule has 2 aromatic carbocycles. The predicted molar refractivity (Wildman–Crippen MR) is 76.6 cm³/mol. The van der Waals surface area contributed by atoms with Crippen LogP contribution in [0.5, 0.6) is 0 Å². The highest BCUT2D eigenvalue weighted by molar-refractivity contribution is 7.93. The number of carbonyl (C=O) groups excluding carboxylic acids is 1. The Hall–Kier alpha value is -2.40. The first-order valence-corrected chi connectivity index (χ1v) is 7.40. The van der Waals surface area contributed by atoms with Crippen LogP contribution in [0, 0.1) is 0 Å². The summed E-state index contributed by atoms with van der Waals surface area (Å²) in [7, 11) is -3.91. The Bertz CT molecular complexity index is 810. The van der Waals surface area contributed by atoms with Gasteiger partial charge in [0.2, 0.25) is 0 Å². The van der Waals surface area contributed by atoms with Crippen LogP contribution in [0.25, 0.3) is 5.57 Å². The Morgan fingerprint density at radius 2 is 1.50 bits per heavy atom. The van der Waals surface area contributed by atoms with E-state index >= 15 is 0 Å². The fourth-order valence-electron chi connectivity index (χ4n) is 2.19. The Morgan fingerprint density at radius 3 is 2.20 bits per heavy atom. The van der Waals surface area contributed by atoms with E-state index < -0.39 is 15.9 Å². The van der Waals surface area contributed by atoms with Crippen molar-refractivity contribution in [1.82, 2.24) is 0 Å². The average molecular weight is 285 g/mol. The van der Waals surface area contributed by atoms with Crippen molar-refractivity contribution in [2.75, 3.05) is 4.31 Å². The minimum atomic E-state index is -3.91. The molecule has 0 spiro atoms. The van der Waals surface area contributed by atoms with Gasteiger partial charge < -0.3 is 0 Å². The zero-order valence-corrected chi connectivity index (χ0v) is 11.3. The van der Waals surface area contributed by atoms with Gasteiger partial charge in [0, 0.05) is 11.1 Å². The second-order valence-corrected chi connectivity index (χ2v) is 6.17. The standard InChI is InChI=1S/C15H11NO3S/c1-11-13-9-5-6-10-14(13)16(15(11)17)20(18,19)12-7-3-2-4-8-12/h2-10H,1H2. The predicted octanol–water partition coefficient (Wildman–Crippen LogP) is 2.44. The molecule has 1 amide bonds. The number of rotatable bonds is 2. The second-order valence-electron chi connectivity index (χ2n) is 4.38. The van der Waals surface area contributed by atoms with Crippen molar-refractivity contribution >= 4 is 27.2 Å². The molecule has 0 radical (unpaired) electrons. The zero-order chi connectivity index (χ0) is 14.3. The summed E-state index contributed by atoms with van der Waals surface area (Å²) >= 11 is 0. The summed E-state index contributed by atoms with van der Waals surface area (Å²) in [5, 5.41) is 0. The third-order valence-electron chi connectivity index (χ3n) is 3.17. The van der Waals surface area contributed by atoms with Crippen LogP contribution in [-0.2, 0) is 14.8 Å². The van der Waals surface area contributed by atoms with E-state index in [9.17, 15) is 13.2 Å². The fraction of sp³-hybridized carbons (Fsp3) is 0. The highest BCUT2D eigenvalue weighted by atomic mass is 32.2. The lowest BCUT2D eigenvalue weighted by Crippen LogP contribution is -2.33. The van der Waals surface area contributed by atoms with Crippen molar-refractivity contribution in [2.24, 2.45) is 0 Å². The Balaban J connectivity index is 2.21. The molecular formula is C15H11NO3S. The summed E-state index contributed by atoms with van der Waals surface area (Å²) in [4.78, 5) is 12.3. The van der Waals surface area contributed by atoms with Crippen molar-refractivity contribution in [2.45, 2.75) is 4.90 Å². The van der Waals surface area contributed by atoms with Gasteiger partial charge in [-0.2, -0.15) is 4.31 Å². The number of para-hydroxylation sites is 1. The van der Waals surface area contributed by atoms with Gasteiger partial charge >= 0.3 is 0 Å². The molecule has 4 nitrogen and oxygen atoms in total. The number of fused-ring (bicyclic) bond motifs is 1. The normalized spacial score (nSPS) is 14.5. The molecule has 0 saturated heterocycles. The van der Waals surface area contributed by atoms with Crippen LogP contribution >= 0.6 is 0 Å². The molecule has 1 heterocycles. The number of hydrogen-bond acceptors (Lipinski definition) is 3. The number of nitrogens with zero attached hydrogens (tertiary/aromatic N) is 1. The Labute approximate surface area is 117 Å². The monoisotopic (exact) mass is 285 g/mol. The van der Waals surface area contributed by atoms with Crippen molar-refractivity contribution in [3.63, 3.8) is 0 Å². The summed E-state index contributed by atoms with van der Waals surface area (Å²) in [5.41, 5.74) is 1.10. The van der Waals surface area contributed by atoms with E-state index in [0.29, 0.717) is 11.3 Å². The van der Waals surface area contributed by atoms with Crippen LogP contribution in [-0.4, -0.2) is 14.3 Å². The van der Waals surface area contributed by atoms with Crippen molar-refractivity contribution < 1.29 is 13.2 Å². The first-order valence-electron chi connectivity index (χ1n) is 5.96. The molecule has 3 rings (SSSR count). The minimum absolute atomic E-state index is 0.0813. The molecule has 0 saturated carbocycles. The van der Waals surface area contributed by atoms with E-state index in [1.807, 2.05) is 0 Å². The lowest BCUT2D eigenvalue weighted by Gasteiger charge is -2.17. The molecule has 0 bridgehead atoms. The molecule has 1 aliphatic heterocycles. The largest absolute Gasteiger partial charge is 0.272 e. The molecule has 0 fully saturated rings. The number of carbonyl (C=O) groups is 1. The third kappa shape index (κ3) is 1.67. The van der Waals surface area contributed by atoms with Crippen LogP contribution in [0.15, 0.2) is 66.1 Å². The summed E-state index contributed by atoms with van der Waals surface area (Å²) in [6.07, 6.45) is 0. The van der Waals surface area contributed by atoms with Gasteiger partial charge in [-0.25, -0.2) is 8.42 Å². The Kier molecular flexibility index (Phi) is 2.72. The maximum atomic E-state index is 12.6. The molecular weight excluding hydrogens is 274 g/mol. The summed E-state index contributed by atoms with van der Waals surface area (Å²) in [5.74, 6) is -0.602. The second kappa shape index (κ2) is 4.31. The van der Waals surface area contributed by atoms with Gasteiger partial charge in [-0.15, -0.1) is 0 Å². The number of amides is 1. The van der Waals surface area contributed by atoms with E-state index in [-0.39, 0.29) is 10.5 Å². The van der Waals surface area contributed by atoms with Gasteiger partial charge in [0.15, 0.2) is 0 Å². The zero-order valence-electron chi connectivity index (χ0n) is 10.5. The lowest BCUT2D eigenvalue weighted by atomic mass is 10.1. The molecule has 0 aliphatic carbocycles. The number of hydrogen-bond donors (Lipinski definition) is 0. The minimum Gasteiger partial charge on any atom is -0.268 e. The van der Waals surface area contributed by atoms with Gasteiger partial charge in [0.1, 0.15) is 0 Å². The summed E-state index contributed by atoms with van der Waals surface area (Å²) < 4.78 is 26.1. The van der Waals surface area contributed by atoms with E-state index in [1.165, 1.54) is 12.1 Å². The third-order valence-corrected chi connectivity index (χ3v) is 4.88. The molecule has 0 unspecified atom stereocenters. The summed E-state index contributed by atoms with van der Waals surface area (Å²) in [6.45, 7) is 3.68. The molecule has 1 aliphatic rings. The molecule has 100 valence electrons. The molecule has 5 heteroatoms. The lowest BCUT2D eigenvalue weighted by molar-refractivity contribution is -0.111. The van der Waals surface area contributed by atoms with Crippen molar-refractivity contribution in [3.8, 4) is 0 Å². The molecule has 20 heavy (non-hydrogen) atoms. The van der Waals surface area contributed by atoms with Crippen LogP contribution in [0.3, 0.4) is 0 Å². The topological polar surface area (TPSA) is 54.5 Å². The van der Waals surface area contributed by atoms with Gasteiger partial charge in [-0.05, 0) is 18.2 Å². The van der Waals surface area contributed by atoms with Crippen LogP contribution < -0.4 is 4.31 Å². The van der Waals surface area contributed by atoms with E-state index in [0.717, 1.165) is 4.31 Å². The quantitative estimate of drug-likeness (QED) is 0.796. The number of anilines is 1. The first kappa shape index (κ1) is 12.6. The Morgan fingerprint density at radius 1 is 0.900 bits per heavy atom. The van der Waals surface area contributed by atoms with Gasteiger partial charge in [-0.3, -0.25) is 4.79 Å². The van der Waals surface area contributed by atoms with E-state index in [4.69, 9.17) is 0 Å². The van der Waals surface area contributed by atoms with Crippen LogP contribution in [0.1, 0.15) is 5.56 Å². The SMILES string of the molecule is C=C1C(=O)N(S(=O)(=O)c2ccccc2)c2ccccc21. The van der Waals surface area contributed by atoms with Gasteiger partial charge in [0.25, 0.3) is 15.9 Å². The molecule has 0 aromatic heterocycles. The van der Waals surface area contributed by atoms with Crippen LogP contribution in [0.2, 0.25) is 0 Å². The first-order chi connectivity index (χ1) is 9.53. The number of sulfonamides is 1. The van der Waals surface area contributed by atoms with E-state index in [2.05, 4.69) is 6.58 Å². The van der Waals surface area contributed by atoms with Gasteiger partial charge in [0.05, 0.1) is 10.6 Å². The fourth-order valence-corrected chi connectivity index (χ4v) is 3.65. The molecule has 0 N–H and O–H groups in total. The number of benzene rings is 2. The molecule has 0 atom stereocenters. The van der Waals surface area contributed by atoms with Crippen molar-refractivity contribution in [1.29, 1.82) is 0 Å². The van der Waals surface area contributed by atoms with Gasteiger partial charge in [-0.1, -0.05) is 43.0 Å². The van der Waals surface area contributed by atoms with Crippen molar-refractivity contribution in [3.05, 3.63) is 66.7 Å². The van der Waals surface area contributed by atoms with E-state index in [1.54, 1.807) is 42.5 Å². The maximum absolute atomic E-state index is 12.6. The highest BCUT2D eigenvalue weighted by Crippen LogP contribution is 2.38. The smallest absolute Gasteiger partial charge is 0.268 e. The highest BCUT2D eigenvalue weighted by Gasteiger charge is 2.39. The molecule has 2 aromatic rings.